The van der Waals surface area contributed by atoms with Gasteiger partial charge in [0.1, 0.15) is 6.61 Å². The van der Waals surface area contributed by atoms with Crippen LogP contribution in [-0.2, 0) is 16.1 Å². The molecule has 2 aromatic rings. The lowest BCUT2D eigenvalue weighted by Crippen LogP contribution is -2.37. The zero-order chi connectivity index (χ0) is 17.6. The Kier molecular flexibility index (Phi) is 5.46. The molecular weight excluding hydrogens is 340 g/mol. The minimum atomic E-state index is -0.175. The van der Waals surface area contributed by atoms with Crippen LogP contribution in [0.4, 0.5) is 5.82 Å². The van der Waals surface area contributed by atoms with Gasteiger partial charge in [-0.2, -0.15) is 5.26 Å². The molecule has 1 saturated heterocycles. The topological polar surface area (TPSA) is 79.1 Å². The molecule has 0 amide bonds. The molecule has 7 heteroatoms. The van der Waals surface area contributed by atoms with Gasteiger partial charge >= 0.3 is 5.97 Å². The highest BCUT2D eigenvalue weighted by atomic mass is 35.5. The van der Waals surface area contributed by atoms with E-state index in [0.29, 0.717) is 10.7 Å². The van der Waals surface area contributed by atoms with Crippen molar-refractivity contribution in [2.75, 3.05) is 18.0 Å². The number of halogens is 1. The van der Waals surface area contributed by atoms with Crippen LogP contribution < -0.4 is 4.90 Å². The first-order chi connectivity index (χ1) is 12.2. The Balaban J connectivity index is 1.48. The number of hydrogen-bond acceptors (Lipinski definition) is 6. The summed E-state index contributed by atoms with van der Waals surface area (Å²) >= 11 is 5.75. The third kappa shape index (κ3) is 4.46. The molecule has 2 heterocycles. The molecule has 0 unspecified atom stereocenters. The van der Waals surface area contributed by atoms with E-state index >= 15 is 0 Å². The highest BCUT2D eigenvalue weighted by Crippen LogP contribution is 2.23. The summed E-state index contributed by atoms with van der Waals surface area (Å²) < 4.78 is 5.41. The van der Waals surface area contributed by atoms with E-state index in [-0.39, 0.29) is 18.5 Å². The second-order valence-corrected chi connectivity index (χ2v) is 6.28. The number of benzene rings is 1. The Bertz CT molecular complexity index is 763. The molecule has 0 spiro atoms. The van der Waals surface area contributed by atoms with Crippen LogP contribution in [0, 0.1) is 17.2 Å². The molecule has 3 rings (SSSR count). The second kappa shape index (κ2) is 7.95. The van der Waals surface area contributed by atoms with Crippen molar-refractivity contribution in [2.24, 2.45) is 5.92 Å². The molecule has 1 aliphatic rings. The average Bonchev–Trinajstić information content (AvgIpc) is 2.67. The summed E-state index contributed by atoms with van der Waals surface area (Å²) in [5, 5.41) is 17.1. The summed E-state index contributed by atoms with van der Waals surface area (Å²) in [7, 11) is 0. The molecule has 1 aromatic carbocycles. The lowest BCUT2D eigenvalue weighted by atomic mass is 9.97. The molecule has 0 bridgehead atoms. The van der Waals surface area contributed by atoms with Crippen molar-refractivity contribution in [1.82, 2.24) is 10.2 Å². The Morgan fingerprint density at radius 3 is 2.52 bits per heavy atom. The molecule has 25 heavy (non-hydrogen) atoms. The maximum Gasteiger partial charge on any atom is 0.309 e. The number of anilines is 1. The minimum Gasteiger partial charge on any atom is -0.461 e. The molecule has 0 radical (unpaired) electrons. The van der Waals surface area contributed by atoms with Crippen LogP contribution in [0.2, 0.25) is 5.15 Å². The van der Waals surface area contributed by atoms with Crippen LogP contribution in [0.5, 0.6) is 0 Å². The fourth-order valence-corrected chi connectivity index (χ4v) is 2.87. The van der Waals surface area contributed by atoms with Crippen LogP contribution in [-0.4, -0.2) is 29.3 Å². The smallest absolute Gasteiger partial charge is 0.309 e. The summed E-state index contributed by atoms with van der Waals surface area (Å²) in [6.07, 6.45) is 1.44. The van der Waals surface area contributed by atoms with Crippen LogP contribution in [0.15, 0.2) is 36.4 Å². The molecule has 0 atom stereocenters. The number of carbonyl (C=O) groups excluding carboxylic acids is 1. The zero-order valence-electron chi connectivity index (χ0n) is 13.6. The van der Waals surface area contributed by atoms with Gasteiger partial charge in [0, 0.05) is 13.1 Å². The van der Waals surface area contributed by atoms with Gasteiger partial charge in [0.25, 0.3) is 0 Å². The van der Waals surface area contributed by atoms with E-state index in [2.05, 4.69) is 21.2 Å². The quantitative estimate of drug-likeness (QED) is 0.783. The SMILES string of the molecule is N#Cc1ccc(COC(=O)C2CCN(c3ccc(Cl)nn3)CC2)cc1. The minimum absolute atomic E-state index is 0.102. The van der Waals surface area contributed by atoms with E-state index in [4.69, 9.17) is 21.6 Å². The van der Waals surface area contributed by atoms with Gasteiger partial charge in [-0.05, 0) is 42.7 Å². The molecule has 0 aliphatic carbocycles. The van der Waals surface area contributed by atoms with Gasteiger partial charge in [-0.15, -0.1) is 10.2 Å². The number of rotatable bonds is 4. The number of piperidine rings is 1. The van der Waals surface area contributed by atoms with Crippen LogP contribution in [0.3, 0.4) is 0 Å². The van der Waals surface area contributed by atoms with Crippen molar-refractivity contribution < 1.29 is 9.53 Å². The van der Waals surface area contributed by atoms with Crippen molar-refractivity contribution in [1.29, 1.82) is 5.26 Å². The molecule has 1 aliphatic heterocycles. The zero-order valence-corrected chi connectivity index (χ0v) is 14.3. The number of nitriles is 1. The molecular formula is C18H17ClN4O2. The fraction of sp³-hybridized carbons (Fsp3) is 0.333. The van der Waals surface area contributed by atoms with Crippen molar-refractivity contribution in [3.8, 4) is 6.07 Å². The van der Waals surface area contributed by atoms with Crippen LogP contribution >= 0.6 is 11.6 Å². The monoisotopic (exact) mass is 356 g/mol. The summed E-state index contributed by atoms with van der Waals surface area (Å²) in [6, 6.07) is 12.6. The van der Waals surface area contributed by atoms with Gasteiger partial charge in [-0.25, -0.2) is 0 Å². The lowest BCUT2D eigenvalue weighted by Gasteiger charge is -2.31. The van der Waals surface area contributed by atoms with Crippen molar-refractivity contribution in [2.45, 2.75) is 19.4 Å². The van der Waals surface area contributed by atoms with Crippen molar-refractivity contribution >= 4 is 23.4 Å². The van der Waals surface area contributed by atoms with E-state index in [1.807, 2.05) is 6.07 Å². The third-order valence-corrected chi connectivity index (χ3v) is 4.44. The average molecular weight is 357 g/mol. The predicted octanol–water partition coefficient (Wildman–Crippen LogP) is 2.96. The normalized spacial score (nSPS) is 14.8. The summed E-state index contributed by atoms with van der Waals surface area (Å²) in [5.41, 5.74) is 1.47. The molecule has 1 aromatic heterocycles. The van der Waals surface area contributed by atoms with Crippen molar-refractivity contribution in [3.63, 3.8) is 0 Å². The van der Waals surface area contributed by atoms with Crippen LogP contribution in [0.1, 0.15) is 24.0 Å². The van der Waals surface area contributed by atoms with Gasteiger partial charge in [0.2, 0.25) is 0 Å². The number of nitrogens with zero attached hydrogens (tertiary/aromatic N) is 4. The summed E-state index contributed by atoms with van der Waals surface area (Å²) in [4.78, 5) is 14.3. The number of ether oxygens (including phenoxy) is 1. The van der Waals surface area contributed by atoms with E-state index in [0.717, 1.165) is 37.3 Å². The maximum atomic E-state index is 12.2. The molecule has 0 saturated carbocycles. The van der Waals surface area contributed by atoms with Gasteiger partial charge in [0.05, 0.1) is 17.6 Å². The molecule has 0 N–H and O–H groups in total. The van der Waals surface area contributed by atoms with E-state index in [1.54, 1.807) is 30.3 Å². The number of hydrogen-bond donors (Lipinski definition) is 0. The van der Waals surface area contributed by atoms with E-state index < -0.39 is 0 Å². The van der Waals surface area contributed by atoms with E-state index in [1.165, 1.54) is 0 Å². The highest BCUT2D eigenvalue weighted by molar-refractivity contribution is 6.29. The van der Waals surface area contributed by atoms with Crippen molar-refractivity contribution in [3.05, 3.63) is 52.7 Å². The van der Waals surface area contributed by atoms with Gasteiger partial charge < -0.3 is 9.64 Å². The molecule has 6 nitrogen and oxygen atoms in total. The Morgan fingerprint density at radius 2 is 1.92 bits per heavy atom. The number of aromatic nitrogens is 2. The number of esters is 1. The lowest BCUT2D eigenvalue weighted by molar-refractivity contribution is -0.150. The summed E-state index contributed by atoms with van der Waals surface area (Å²) in [5.74, 6) is 0.495. The third-order valence-electron chi connectivity index (χ3n) is 4.23. The largest absolute Gasteiger partial charge is 0.461 e. The second-order valence-electron chi connectivity index (χ2n) is 5.89. The fourth-order valence-electron chi connectivity index (χ4n) is 2.77. The first kappa shape index (κ1) is 17.2. The van der Waals surface area contributed by atoms with Gasteiger partial charge in [-0.3, -0.25) is 4.79 Å². The Labute approximate surface area is 151 Å². The maximum absolute atomic E-state index is 12.2. The summed E-state index contributed by atoms with van der Waals surface area (Å²) in [6.45, 7) is 1.69. The number of carbonyl (C=O) groups is 1. The van der Waals surface area contributed by atoms with Crippen LogP contribution in [0.25, 0.3) is 0 Å². The first-order valence-electron chi connectivity index (χ1n) is 8.05. The Morgan fingerprint density at radius 1 is 1.20 bits per heavy atom. The predicted molar refractivity (Wildman–Crippen MR) is 92.9 cm³/mol. The Hall–Kier alpha value is -2.65. The molecule has 1 fully saturated rings. The van der Waals surface area contributed by atoms with Gasteiger partial charge in [0.15, 0.2) is 11.0 Å². The highest BCUT2D eigenvalue weighted by Gasteiger charge is 2.26. The first-order valence-corrected chi connectivity index (χ1v) is 8.43. The standard InChI is InChI=1S/C18H17ClN4O2/c19-16-5-6-17(22-21-16)23-9-7-15(8-10-23)18(24)25-12-14-3-1-13(11-20)2-4-14/h1-6,15H,7-10,12H2. The molecule has 128 valence electrons. The van der Waals surface area contributed by atoms with E-state index in [9.17, 15) is 4.79 Å². The van der Waals surface area contributed by atoms with Gasteiger partial charge in [-0.1, -0.05) is 23.7 Å².